The van der Waals surface area contributed by atoms with E-state index in [4.69, 9.17) is 0 Å². The summed E-state index contributed by atoms with van der Waals surface area (Å²) in [5, 5.41) is 6.80. The molecule has 1 aromatic rings. The van der Waals surface area contributed by atoms with Gasteiger partial charge in [-0.25, -0.2) is 4.39 Å². The standard InChI is InChI=1S/C13H19FN2/c1-12(2)8-15-11-7-9(14)5-6-10(11)16-13(12,3)4/h5-7,15-16H,8H2,1-4H3. The second-order valence-corrected chi connectivity index (χ2v) is 5.68. The third-order valence-electron chi connectivity index (χ3n) is 3.84. The Hall–Kier alpha value is -1.25. The van der Waals surface area contributed by atoms with Crippen LogP contribution < -0.4 is 10.6 Å². The van der Waals surface area contributed by atoms with Gasteiger partial charge in [-0.15, -0.1) is 0 Å². The molecule has 0 aliphatic carbocycles. The van der Waals surface area contributed by atoms with Crippen LogP contribution in [0.4, 0.5) is 15.8 Å². The van der Waals surface area contributed by atoms with Crippen LogP contribution in [0.3, 0.4) is 0 Å². The Labute approximate surface area is 96.2 Å². The van der Waals surface area contributed by atoms with Crippen molar-refractivity contribution in [3.8, 4) is 0 Å². The highest BCUT2D eigenvalue weighted by Crippen LogP contribution is 2.39. The van der Waals surface area contributed by atoms with E-state index >= 15 is 0 Å². The van der Waals surface area contributed by atoms with Crippen LogP contribution in [0.25, 0.3) is 0 Å². The average molecular weight is 222 g/mol. The van der Waals surface area contributed by atoms with Gasteiger partial charge in [-0.05, 0) is 32.0 Å². The molecule has 0 saturated heterocycles. The Morgan fingerprint density at radius 1 is 1.12 bits per heavy atom. The van der Waals surface area contributed by atoms with Crippen LogP contribution in [0.5, 0.6) is 0 Å². The zero-order valence-electron chi connectivity index (χ0n) is 10.3. The number of hydrogen-bond acceptors (Lipinski definition) is 2. The summed E-state index contributed by atoms with van der Waals surface area (Å²) >= 11 is 0. The van der Waals surface area contributed by atoms with Crippen LogP contribution in [-0.4, -0.2) is 12.1 Å². The van der Waals surface area contributed by atoms with Gasteiger partial charge in [0.1, 0.15) is 5.82 Å². The lowest BCUT2D eigenvalue weighted by atomic mass is 9.74. The summed E-state index contributed by atoms with van der Waals surface area (Å²) in [5.74, 6) is -0.203. The molecule has 2 nitrogen and oxygen atoms in total. The van der Waals surface area contributed by atoms with E-state index in [2.05, 4.69) is 38.3 Å². The van der Waals surface area contributed by atoms with Crippen LogP contribution in [0.2, 0.25) is 0 Å². The van der Waals surface area contributed by atoms with Crippen molar-refractivity contribution in [1.82, 2.24) is 0 Å². The summed E-state index contributed by atoms with van der Waals surface area (Å²) in [5.41, 5.74) is 1.86. The van der Waals surface area contributed by atoms with Crippen molar-refractivity contribution in [2.24, 2.45) is 5.41 Å². The molecule has 1 aliphatic rings. The average Bonchev–Trinajstić information content (AvgIpc) is 2.25. The minimum absolute atomic E-state index is 0.0386. The lowest BCUT2D eigenvalue weighted by Gasteiger charge is -2.41. The molecule has 88 valence electrons. The predicted octanol–water partition coefficient (Wildman–Crippen LogP) is 3.47. The topological polar surface area (TPSA) is 24.1 Å². The Balaban J connectivity index is 2.43. The Bertz CT molecular complexity index is 410. The van der Waals surface area contributed by atoms with Crippen molar-refractivity contribution in [3.63, 3.8) is 0 Å². The van der Waals surface area contributed by atoms with Gasteiger partial charge in [0.25, 0.3) is 0 Å². The van der Waals surface area contributed by atoms with Gasteiger partial charge in [0.2, 0.25) is 0 Å². The first kappa shape index (κ1) is 11.2. The predicted molar refractivity (Wildman–Crippen MR) is 66.4 cm³/mol. The lowest BCUT2D eigenvalue weighted by molar-refractivity contribution is 0.245. The second-order valence-electron chi connectivity index (χ2n) is 5.68. The molecule has 0 aromatic heterocycles. The van der Waals surface area contributed by atoms with Gasteiger partial charge >= 0.3 is 0 Å². The second kappa shape index (κ2) is 3.37. The highest BCUT2D eigenvalue weighted by atomic mass is 19.1. The summed E-state index contributed by atoms with van der Waals surface area (Å²) in [6.45, 7) is 9.58. The summed E-state index contributed by atoms with van der Waals surface area (Å²) in [6.07, 6.45) is 0. The molecule has 0 fully saturated rings. The monoisotopic (exact) mass is 222 g/mol. The first-order chi connectivity index (χ1) is 7.32. The molecule has 0 amide bonds. The minimum atomic E-state index is -0.203. The van der Waals surface area contributed by atoms with Crippen LogP contribution in [0.1, 0.15) is 27.7 Å². The fraction of sp³-hybridized carbons (Fsp3) is 0.538. The zero-order chi connectivity index (χ0) is 12.0. The van der Waals surface area contributed by atoms with Crippen LogP contribution in [-0.2, 0) is 0 Å². The molecule has 0 unspecified atom stereocenters. The number of hydrogen-bond donors (Lipinski definition) is 2. The fourth-order valence-electron chi connectivity index (χ4n) is 1.81. The van der Waals surface area contributed by atoms with E-state index in [0.717, 1.165) is 17.9 Å². The van der Waals surface area contributed by atoms with Crippen molar-refractivity contribution >= 4 is 11.4 Å². The van der Waals surface area contributed by atoms with Gasteiger partial charge in [0, 0.05) is 17.5 Å². The molecule has 0 saturated carbocycles. The maximum absolute atomic E-state index is 13.1. The van der Waals surface area contributed by atoms with Crippen molar-refractivity contribution in [3.05, 3.63) is 24.0 Å². The molecule has 2 rings (SSSR count). The Morgan fingerprint density at radius 2 is 1.81 bits per heavy atom. The number of fused-ring (bicyclic) bond motifs is 1. The molecule has 0 spiro atoms. The lowest BCUT2D eigenvalue weighted by Crippen LogP contribution is -2.47. The van der Waals surface area contributed by atoms with Gasteiger partial charge in [0.15, 0.2) is 0 Å². The number of anilines is 2. The van der Waals surface area contributed by atoms with Gasteiger partial charge in [0.05, 0.1) is 11.4 Å². The molecule has 16 heavy (non-hydrogen) atoms. The van der Waals surface area contributed by atoms with Gasteiger partial charge in [-0.1, -0.05) is 13.8 Å². The summed E-state index contributed by atoms with van der Waals surface area (Å²) in [7, 11) is 0. The van der Waals surface area contributed by atoms with Gasteiger partial charge < -0.3 is 10.6 Å². The number of halogens is 1. The van der Waals surface area contributed by atoms with Crippen LogP contribution >= 0.6 is 0 Å². The molecule has 1 heterocycles. The smallest absolute Gasteiger partial charge is 0.125 e. The van der Waals surface area contributed by atoms with Crippen molar-refractivity contribution in [1.29, 1.82) is 0 Å². The number of nitrogens with one attached hydrogen (secondary N) is 2. The van der Waals surface area contributed by atoms with E-state index in [9.17, 15) is 4.39 Å². The zero-order valence-corrected chi connectivity index (χ0v) is 10.3. The van der Waals surface area contributed by atoms with Gasteiger partial charge in [-0.3, -0.25) is 0 Å². The molecular weight excluding hydrogens is 203 g/mol. The Morgan fingerprint density at radius 3 is 2.50 bits per heavy atom. The van der Waals surface area contributed by atoms with Gasteiger partial charge in [-0.2, -0.15) is 0 Å². The van der Waals surface area contributed by atoms with E-state index in [-0.39, 0.29) is 16.8 Å². The van der Waals surface area contributed by atoms with E-state index < -0.39 is 0 Å². The SMILES string of the molecule is CC1(C)CNc2cc(F)ccc2NC1(C)C. The molecule has 3 heteroatoms. The van der Waals surface area contributed by atoms with E-state index in [1.807, 2.05) is 0 Å². The van der Waals surface area contributed by atoms with E-state index in [1.165, 1.54) is 6.07 Å². The molecule has 0 radical (unpaired) electrons. The Kier molecular flexibility index (Phi) is 2.37. The van der Waals surface area contributed by atoms with Crippen molar-refractivity contribution in [2.45, 2.75) is 33.2 Å². The van der Waals surface area contributed by atoms with Crippen molar-refractivity contribution in [2.75, 3.05) is 17.2 Å². The number of benzene rings is 1. The minimum Gasteiger partial charge on any atom is -0.383 e. The maximum Gasteiger partial charge on any atom is 0.125 e. The number of rotatable bonds is 0. The molecular formula is C13H19FN2. The summed E-state index contributed by atoms with van der Waals surface area (Å²) in [6, 6.07) is 4.82. The maximum atomic E-state index is 13.1. The first-order valence-corrected chi connectivity index (χ1v) is 5.63. The molecule has 2 N–H and O–H groups in total. The van der Waals surface area contributed by atoms with Crippen LogP contribution in [0, 0.1) is 11.2 Å². The van der Waals surface area contributed by atoms with E-state index in [0.29, 0.717) is 0 Å². The van der Waals surface area contributed by atoms with Crippen molar-refractivity contribution < 1.29 is 4.39 Å². The largest absolute Gasteiger partial charge is 0.383 e. The molecule has 0 bridgehead atoms. The normalized spacial score (nSPS) is 21.3. The molecule has 1 aromatic carbocycles. The molecule has 0 atom stereocenters. The third-order valence-corrected chi connectivity index (χ3v) is 3.84. The molecule has 1 aliphatic heterocycles. The highest BCUT2D eigenvalue weighted by molar-refractivity contribution is 5.70. The fourth-order valence-corrected chi connectivity index (χ4v) is 1.81. The summed E-state index contributed by atoms with van der Waals surface area (Å²) < 4.78 is 13.1. The summed E-state index contributed by atoms with van der Waals surface area (Å²) in [4.78, 5) is 0. The van der Waals surface area contributed by atoms with E-state index in [1.54, 1.807) is 12.1 Å². The first-order valence-electron chi connectivity index (χ1n) is 5.63. The highest BCUT2D eigenvalue weighted by Gasteiger charge is 2.39. The quantitative estimate of drug-likeness (QED) is 0.702. The van der Waals surface area contributed by atoms with Crippen LogP contribution in [0.15, 0.2) is 18.2 Å². The third kappa shape index (κ3) is 1.75.